The largest absolute Gasteiger partial charge is 0.492 e. The standard InChI is InChI=1S/C24H27BrN2O5/c1-12(29)26-18-7-6-15-20(22(30-3)24(32-5)23(31-4)21(15)25)17-9-13-8-14(11-28)27(2)19(13)10-16(17)18/h8-10,18,28H,6-7,11H2,1-5H3,(H,26,29)/t18-/m0/s1. The van der Waals surface area contributed by atoms with Crippen LogP contribution >= 0.6 is 15.9 Å². The summed E-state index contributed by atoms with van der Waals surface area (Å²) < 4.78 is 20.0. The van der Waals surface area contributed by atoms with Crippen molar-refractivity contribution in [2.24, 2.45) is 7.05 Å². The molecule has 3 aromatic rings. The van der Waals surface area contributed by atoms with Crippen molar-refractivity contribution in [3.05, 3.63) is 39.5 Å². The van der Waals surface area contributed by atoms with E-state index >= 15 is 0 Å². The third-order valence-corrected chi connectivity index (χ3v) is 7.04. The zero-order valence-corrected chi connectivity index (χ0v) is 20.4. The van der Waals surface area contributed by atoms with Crippen molar-refractivity contribution in [1.82, 2.24) is 9.88 Å². The van der Waals surface area contributed by atoms with Crippen molar-refractivity contribution in [2.75, 3.05) is 21.3 Å². The van der Waals surface area contributed by atoms with Crippen molar-refractivity contribution in [3.8, 4) is 28.4 Å². The molecule has 8 heteroatoms. The molecule has 1 aromatic heterocycles. The predicted octanol–water partition coefficient (Wildman–Crippen LogP) is 4.25. The first kappa shape index (κ1) is 22.5. The number of carbonyl (C=O) groups is 1. The predicted molar refractivity (Wildman–Crippen MR) is 127 cm³/mol. The second kappa shape index (κ2) is 8.67. The quantitative estimate of drug-likeness (QED) is 0.544. The number of benzene rings is 2. The molecule has 1 heterocycles. The van der Waals surface area contributed by atoms with Gasteiger partial charge in [0, 0.05) is 36.1 Å². The minimum Gasteiger partial charge on any atom is -0.492 e. The molecule has 0 bridgehead atoms. The van der Waals surface area contributed by atoms with Gasteiger partial charge in [0.25, 0.3) is 0 Å². The molecule has 2 N–H and O–H groups in total. The van der Waals surface area contributed by atoms with Gasteiger partial charge in [-0.15, -0.1) is 0 Å². The number of aliphatic hydroxyl groups excluding tert-OH is 1. The maximum Gasteiger partial charge on any atom is 0.217 e. The normalized spacial score (nSPS) is 15.0. The lowest BCUT2D eigenvalue weighted by Crippen LogP contribution is -2.26. The Bertz CT molecular complexity index is 1220. The lowest BCUT2D eigenvalue weighted by molar-refractivity contribution is -0.119. The van der Waals surface area contributed by atoms with Gasteiger partial charge in [-0.05, 0) is 63.7 Å². The number of ether oxygens (including phenoxy) is 3. The average molecular weight is 503 g/mol. The summed E-state index contributed by atoms with van der Waals surface area (Å²) in [5, 5.41) is 13.9. The number of nitrogens with zero attached hydrogens (tertiary/aromatic N) is 1. The van der Waals surface area contributed by atoms with Crippen LogP contribution in [0.4, 0.5) is 0 Å². The first-order valence-corrected chi connectivity index (χ1v) is 11.2. The molecule has 1 atom stereocenters. The second-order valence-corrected chi connectivity index (χ2v) is 8.70. The number of fused-ring (bicyclic) bond motifs is 4. The van der Waals surface area contributed by atoms with Crippen LogP contribution < -0.4 is 19.5 Å². The molecule has 32 heavy (non-hydrogen) atoms. The van der Waals surface area contributed by atoms with Crippen molar-refractivity contribution < 1.29 is 24.1 Å². The Morgan fingerprint density at radius 3 is 2.44 bits per heavy atom. The lowest BCUT2D eigenvalue weighted by Gasteiger charge is -2.22. The topological polar surface area (TPSA) is 81.9 Å². The van der Waals surface area contributed by atoms with Crippen LogP contribution in [0.15, 0.2) is 22.7 Å². The highest BCUT2D eigenvalue weighted by atomic mass is 79.9. The van der Waals surface area contributed by atoms with Gasteiger partial charge in [0.2, 0.25) is 11.7 Å². The van der Waals surface area contributed by atoms with E-state index in [1.807, 2.05) is 17.7 Å². The van der Waals surface area contributed by atoms with Gasteiger partial charge < -0.3 is 29.2 Å². The smallest absolute Gasteiger partial charge is 0.217 e. The van der Waals surface area contributed by atoms with Gasteiger partial charge in [-0.1, -0.05) is 0 Å². The molecule has 170 valence electrons. The molecule has 2 aromatic carbocycles. The number of aliphatic hydroxyl groups is 1. The van der Waals surface area contributed by atoms with E-state index in [9.17, 15) is 9.90 Å². The van der Waals surface area contributed by atoms with E-state index in [4.69, 9.17) is 14.2 Å². The van der Waals surface area contributed by atoms with Crippen LogP contribution in [0.25, 0.3) is 22.0 Å². The first-order chi connectivity index (χ1) is 15.4. The Kier molecular flexibility index (Phi) is 6.09. The van der Waals surface area contributed by atoms with Crippen LogP contribution in [0.5, 0.6) is 17.2 Å². The van der Waals surface area contributed by atoms with Gasteiger partial charge in [0.1, 0.15) is 0 Å². The Morgan fingerprint density at radius 1 is 1.16 bits per heavy atom. The van der Waals surface area contributed by atoms with Gasteiger partial charge in [-0.25, -0.2) is 0 Å². The summed E-state index contributed by atoms with van der Waals surface area (Å²) in [4.78, 5) is 12.1. The Labute approximate surface area is 195 Å². The van der Waals surface area contributed by atoms with Crippen molar-refractivity contribution >= 4 is 32.7 Å². The summed E-state index contributed by atoms with van der Waals surface area (Å²) in [5.41, 5.74) is 5.70. The van der Waals surface area contributed by atoms with E-state index < -0.39 is 0 Å². The zero-order chi connectivity index (χ0) is 23.2. The van der Waals surface area contributed by atoms with Crippen molar-refractivity contribution in [2.45, 2.75) is 32.4 Å². The summed E-state index contributed by atoms with van der Waals surface area (Å²) in [6, 6.07) is 6.00. The van der Waals surface area contributed by atoms with Gasteiger partial charge in [-0.2, -0.15) is 0 Å². The highest BCUT2D eigenvalue weighted by Gasteiger charge is 2.32. The van der Waals surface area contributed by atoms with Crippen LogP contribution in [0.3, 0.4) is 0 Å². The van der Waals surface area contributed by atoms with Crippen LogP contribution in [0.2, 0.25) is 0 Å². The summed E-state index contributed by atoms with van der Waals surface area (Å²) in [5.74, 6) is 1.58. The summed E-state index contributed by atoms with van der Waals surface area (Å²) in [6.45, 7) is 1.48. The van der Waals surface area contributed by atoms with Crippen LogP contribution in [-0.2, 0) is 24.9 Å². The van der Waals surface area contributed by atoms with E-state index in [-0.39, 0.29) is 18.6 Å². The molecular formula is C24H27BrN2O5. The molecule has 0 unspecified atom stereocenters. The zero-order valence-electron chi connectivity index (χ0n) is 18.8. The number of aryl methyl sites for hydroxylation is 1. The SMILES string of the molecule is COc1c(Br)c2c(c(OC)c1OC)-c1cc3cc(CO)n(C)c3cc1[C@@H](NC(C)=O)CC2. The minimum atomic E-state index is -0.180. The van der Waals surface area contributed by atoms with E-state index in [1.54, 1.807) is 21.3 Å². The molecule has 1 amide bonds. The fraction of sp³-hybridized carbons (Fsp3) is 0.375. The first-order valence-electron chi connectivity index (χ1n) is 10.4. The van der Waals surface area contributed by atoms with Gasteiger partial charge in [-0.3, -0.25) is 4.79 Å². The van der Waals surface area contributed by atoms with Gasteiger partial charge in [0.05, 0.1) is 38.5 Å². The number of halogens is 1. The number of amides is 1. The number of rotatable bonds is 5. The molecule has 0 radical (unpaired) electrons. The molecule has 4 rings (SSSR count). The number of aromatic nitrogens is 1. The van der Waals surface area contributed by atoms with Crippen LogP contribution in [0, 0.1) is 0 Å². The van der Waals surface area contributed by atoms with Gasteiger partial charge >= 0.3 is 0 Å². The number of carbonyl (C=O) groups excluding carboxylic acids is 1. The number of hydrogen-bond donors (Lipinski definition) is 2. The van der Waals surface area contributed by atoms with Crippen molar-refractivity contribution in [3.63, 3.8) is 0 Å². The van der Waals surface area contributed by atoms with E-state index in [1.165, 1.54) is 6.92 Å². The summed E-state index contributed by atoms with van der Waals surface area (Å²) in [6.07, 6.45) is 1.41. The Balaban J connectivity index is 2.13. The Morgan fingerprint density at radius 2 is 1.84 bits per heavy atom. The number of methoxy groups -OCH3 is 3. The highest BCUT2D eigenvalue weighted by Crippen LogP contribution is 2.54. The Hall–Kier alpha value is -2.71. The lowest BCUT2D eigenvalue weighted by atomic mass is 9.92. The molecule has 0 aliphatic heterocycles. The number of nitrogens with one attached hydrogen (secondary N) is 1. The fourth-order valence-electron chi connectivity index (χ4n) is 4.74. The summed E-state index contributed by atoms with van der Waals surface area (Å²) >= 11 is 3.73. The molecule has 0 saturated heterocycles. The second-order valence-electron chi connectivity index (χ2n) is 7.91. The molecule has 7 nitrogen and oxygen atoms in total. The minimum absolute atomic E-state index is 0.0541. The third kappa shape index (κ3) is 3.42. The van der Waals surface area contributed by atoms with Crippen LogP contribution in [0.1, 0.15) is 36.2 Å². The highest BCUT2D eigenvalue weighted by molar-refractivity contribution is 9.10. The monoisotopic (exact) mass is 502 g/mol. The van der Waals surface area contributed by atoms with E-state index in [0.29, 0.717) is 30.1 Å². The fourth-order valence-corrected chi connectivity index (χ4v) is 5.47. The molecule has 0 saturated carbocycles. The van der Waals surface area contributed by atoms with E-state index in [2.05, 4.69) is 33.4 Å². The third-order valence-electron chi connectivity index (χ3n) is 6.20. The summed E-state index contributed by atoms with van der Waals surface area (Å²) in [7, 11) is 6.74. The molecular weight excluding hydrogens is 476 g/mol. The molecule has 1 aliphatic rings. The molecule has 0 spiro atoms. The maximum absolute atomic E-state index is 12.1. The van der Waals surface area contributed by atoms with Gasteiger partial charge in [0.15, 0.2) is 11.5 Å². The molecule has 0 fully saturated rings. The maximum atomic E-state index is 12.1. The van der Waals surface area contributed by atoms with E-state index in [0.717, 1.165) is 43.3 Å². The van der Waals surface area contributed by atoms with Crippen molar-refractivity contribution in [1.29, 1.82) is 0 Å². The number of hydrogen-bond acceptors (Lipinski definition) is 5. The average Bonchev–Trinajstić information content (AvgIpc) is 3.00. The van der Waals surface area contributed by atoms with Crippen LogP contribution in [-0.4, -0.2) is 36.9 Å². The molecule has 1 aliphatic carbocycles.